The third kappa shape index (κ3) is 5.39. The highest BCUT2D eigenvalue weighted by molar-refractivity contribution is 5.94. The van der Waals surface area contributed by atoms with Gasteiger partial charge >= 0.3 is 6.03 Å². The number of hydrogen-bond donors (Lipinski definition) is 3. The number of rotatable bonds is 5. The maximum Gasteiger partial charge on any atom is 0.321 e. The summed E-state index contributed by atoms with van der Waals surface area (Å²) in [4.78, 5) is 23.5. The fourth-order valence-corrected chi connectivity index (χ4v) is 1.66. The number of imide groups is 1. The molecule has 6 heteroatoms. The van der Waals surface area contributed by atoms with E-state index >= 15 is 0 Å². The Morgan fingerprint density at radius 3 is 2.42 bits per heavy atom. The Kier molecular flexibility index (Phi) is 5.81. The van der Waals surface area contributed by atoms with Gasteiger partial charge in [-0.15, -0.1) is 0 Å². The molecule has 0 radical (unpaired) electrons. The third-order valence-electron chi connectivity index (χ3n) is 2.61. The number of hydrogen-bond acceptors (Lipinski definition) is 3. The zero-order valence-corrected chi connectivity index (χ0v) is 11.4. The van der Waals surface area contributed by atoms with E-state index in [9.17, 15) is 9.59 Å². The van der Waals surface area contributed by atoms with Crippen molar-refractivity contribution >= 4 is 11.9 Å². The van der Waals surface area contributed by atoms with Crippen molar-refractivity contribution in [2.75, 3.05) is 27.7 Å². The molecule has 3 amide bonds. The number of amides is 3. The van der Waals surface area contributed by atoms with Crippen LogP contribution < -0.4 is 20.3 Å². The summed E-state index contributed by atoms with van der Waals surface area (Å²) in [6.45, 7) is 0.935. The van der Waals surface area contributed by atoms with Crippen molar-refractivity contribution in [1.29, 1.82) is 0 Å². The third-order valence-corrected chi connectivity index (χ3v) is 2.61. The first-order chi connectivity index (χ1) is 9.05. The van der Waals surface area contributed by atoms with Crippen LogP contribution in [0.5, 0.6) is 5.75 Å². The normalized spacial score (nSPS) is 11.5. The zero-order valence-electron chi connectivity index (χ0n) is 11.4. The van der Waals surface area contributed by atoms with Gasteiger partial charge in [0.15, 0.2) is 6.54 Å². The SMILES string of the molecule is CNC(=O)NC(=O)C[NH+](C)Cc1ccc(OC)cc1. The van der Waals surface area contributed by atoms with E-state index in [-0.39, 0.29) is 12.5 Å². The Hall–Kier alpha value is -2.08. The summed E-state index contributed by atoms with van der Waals surface area (Å²) in [7, 11) is 4.99. The number of carbonyl (C=O) groups excluding carboxylic acids is 2. The number of urea groups is 1. The van der Waals surface area contributed by atoms with Gasteiger partial charge in [0, 0.05) is 12.6 Å². The number of benzene rings is 1. The number of ether oxygens (including phenoxy) is 1. The maximum atomic E-state index is 11.5. The van der Waals surface area contributed by atoms with Gasteiger partial charge in [-0.05, 0) is 24.3 Å². The first kappa shape index (κ1) is 15.0. The van der Waals surface area contributed by atoms with E-state index in [2.05, 4.69) is 10.6 Å². The molecule has 104 valence electrons. The van der Waals surface area contributed by atoms with Crippen LogP contribution in [0.1, 0.15) is 5.56 Å². The molecule has 1 aromatic carbocycles. The van der Waals surface area contributed by atoms with Crippen LogP contribution >= 0.6 is 0 Å². The summed E-state index contributed by atoms with van der Waals surface area (Å²) in [6.07, 6.45) is 0. The molecule has 0 saturated heterocycles. The molecule has 0 aromatic heterocycles. The standard InChI is InChI=1S/C13H19N3O3/c1-14-13(18)15-12(17)9-16(2)8-10-4-6-11(19-3)7-5-10/h4-7H,8-9H2,1-3H3,(H2,14,15,17,18)/p+1. The van der Waals surface area contributed by atoms with Crippen LogP contribution in [0, 0.1) is 0 Å². The largest absolute Gasteiger partial charge is 0.497 e. The summed E-state index contributed by atoms with van der Waals surface area (Å²) < 4.78 is 5.08. The minimum atomic E-state index is -0.484. The minimum Gasteiger partial charge on any atom is -0.497 e. The maximum absolute atomic E-state index is 11.5. The van der Waals surface area contributed by atoms with Gasteiger partial charge in [-0.3, -0.25) is 10.1 Å². The summed E-state index contributed by atoms with van der Waals surface area (Å²) in [5.41, 5.74) is 1.10. The van der Waals surface area contributed by atoms with E-state index in [4.69, 9.17) is 4.74 Å². The fourth-order valence-electron chi connectivity index (χ4n) is 1.66. The lowest BCUT2D eigenvalue weighted by molar-refractivity contribution is -0.885. The summed E-state index contributed by atoms with van der Waals surface area (Å²) in [5, 5.41) is 4.57. The molecule has 6 nitrogen and oxygen atoms in total. The lowest BCUT2D eigenvalue weighted by Gasteiger charge is -2.13. The van der Waals surface area contributed by atoms with E-state index in [1.807, 2.05) is 31.3 Å². The van der Waals surface area contributed by atoms with Crippen LogP contribution in [0.15, 0.2) is 24.3 Å². The average molecular weight is 266 g/mol. The van der Waals surface area contributed by atoms with Crippen molar-refractivity contribution in [1.82, 2.24) is 10.6 Å². The van der Waals surface area contributed by atoms with Gasteiger partial charge in [0.1, 0.15) is 12.3 Å². The van der Waals surface area contributed by atoms with Crippen molar-refractivity contribution in [3.63, 3.8) is 0 Å². The number of quaternary nitrogens is 1. The van der Waals surface area contributed by atoms with E-state index in [1.165, 1.54) is 7.05 Å². The van der Waals surface area contributed by atoms with Crippen LogP contribution in [0.2, 0.25) is 0 Å². The molecule has 0 fully saturated rings. The van der Waals surface area contributed by atoms with Gasteiger partial charge in [-0.2, -0.15) is 0 Å². The number of nitrogens with one attached hydrogen (secondary N) is 3. The molecule has 19 heavy (non-hydrogen) atoms. The Bertz CT molecular complexity index is 431. The first-order valence-corrected chi connectivity index (χ1v) is 6.01. The summed E-state index contributed by atoms with van der Waals surface area (Å²) in [5.74, 6) is 0.504. The van der Waals surface area contributed by atoms with Gasteiger partial charge in [0.25, 0.3) is 5.91 Å². The number of likely N-dealkylation sites (N-methyl/N-ethyl adjacent to an activating group) is 1. The molecule has 0 aliphatic heterocycles. The lowest BCUT2D eigenvalue weighted by Crippen LogP contribution is -3.09. The van der Waals surface area contributed by atoms with Gasteiger partial charge in [0.2, 0.25) is 0 Å². The van der Waals surface area contributed by atoms with Gasteiger partial charge < -0.3 is 15.0 Å². The molecule has 1 unspecified atom stereocenters. The van der Waals surface area contributed by atoms with E-state index in [0.717, 1.165) is 16.2 Å². The number of carbonyl (C=O) groups is 2. The Morgan fingerprint density at radius 2 is 1.89 bits per heavy atom. The van der Waals surface area contributed by atoms with Crippen molar-refractivity contribution in [3.8, 4) is 5.75 Å². The highest BCUT2D eigenvalue weighted by atomic mass is 16.5. The van der Waals surface area contributed by atoms with Gasteiger partial charge in [0.05, 0.1) is 14.2 Å². The Morgan fingerprint density at radius 1 is 1.26 bits per heavy atom. The van der Waals surface area contributed by atoms with Crippen LogP contribution in [0.3, 0.4) is 0 Å². The van der Waals surface area contributed by atoms with Crippen LogP contribution in [0.4, 0.5) is 4.79 Å². The summed E-state index contributed by atoms with van der Waals surface area (Å²) in [6, 6.07) is 7.19. The van der Waals surface area contributed by atoms with Gasteiger partial charge in [-0.25, -0.2) is 4.79 Å². The van der Waals surface area contributed by atoms with Crippen molar-refractivity contribution in [3.05, 3.63) is 29.8 Å². The Labute approximate surface area is 112 Å². The molecule has 1 atom stereocenters. The molecule has 0 bridgehead atoms. The average Bonchev–Trinajstić information content (AvgIpc) is 2.39. The second-order valence-corrected chi connectivity index (χ2v) is 4.29. The molecular formula is C13H20N3O3+. The lowest BCUT2D eigenvalue weighted by atomic mass is 10.2. The molecule has 1 aromatic rings. The highest BCUT2D eigenvalue weighted by Gasteiger charge is 2.12. The number of methoxy groups -OCH3 is 1. The summed E-state index contributed by atoms with van der Waals surface area (Å²) >= 11 is 0. The second kappa shape index (κ2) is 7.38. The minimum absolute atomic E-state index is 0.236. The van der Waals surface area contributed by atoms with Crippen LogP contribution in [0.25, 0.3) is 0 Å². The highest BCUT2D eigenvalue weighted by Crippen LogP contribution is 2.10. The van der Waals surface area contributed by atoms with Crippen LogP contribution in [-0.2, 0) is 11.3 Å². The van der Waals surface area contributed by atoms with Crippen LogP contribution in [-0.4, -0.2) is 39.7 Å². The molecule has 3 N–H and O–H groups in total. The Balaban J connectivity index is 2.43. The van der Waals surface area contributed by atoms with E-state index < -0.39 is 6.03 Å². The van der Waals surface area contributed by atoms with Crippen molar-refractivity contribution < 1.29 is 19.2 Å². The predicted molar refractivity (Wildman–Crippen MR) is 71.1 cm³/mol. The van der Waals surface area contributed by atoms with Crippen molar-refractivity contribution in [2.24, 2.45) is 0 Å². The fraction of sp³-hybridized carbons (Fsp3) is 0.385. The molecule has 0 saturated carbocycles. The monoisotopic (exact) mass is 266 g/mol. The molecular weight excluding hydrogens is 246 g/mol. The smallest absolute Gasteiger partial charge is 0.321 e. The molecule has 0 aliphatic rings. The quantitative estimate of drug-likeness (QED) is 0.651. The first-order valence-electron chi connectivity index (χ1n) is 6.01. The predicted octanol–water partition coefficient (Wildman–Crippen LogP) is -0.834. The zero-order chi connectivity index (χ0) is 14.3. The molecule has 0 heterocycles. The molecule has 1 rings (SSSR count). The second-order valence-electron chi connectivity index (χ2n) is 4.29. The van der Waals surface area contributed by atoms with Crippen molar-refractivity contribution in [2.45, 2.75) is 6.54 Å². The molecule has 0 aliphatic carbocycles. The molecule has 0 spiro atoms. The topological polar surface area (TPSA) is 71.9 Å². The van der Waals surface area contributed by atoms with Gasteiger partial charge in [-0.1, -0.05) is 0 Å². The van der Waals surface area contributed by atoms with E-state index in [0.29, 0.717) is 6.54 Å². The van der Waals surface area contributed by atoms with E-state index in [1.54, 1.807) is 7.11 Å².